The van der Waals surface area contributed by atoms with Gasteiger partial charge in [-0.25, -0.2) is 5.43 Å². The Morgan fingerprint density at radius 1 is 1.27 bits per heavy atom. The maximum atomic E-state index is 11.8. The fourth-order valence-electron chi connectivity index (χ4n) is 2.54. The summed E-state index contributed by atoms with van der Waals surface area (Å²) in [5.74, 6) is 0.389. The average molecular weight is 373 g/mol. The molecule has 2 aromatic rings. The van der Waals surface area contributed by atoms with Crippen molar-refractivity contribution >= 4 is 28.5 Å². The van der Waals surface area contributed by atoms with Crippen LogP contribution in [0.25, 0.3) is 0 Å². The van der Waals surface area contributed by atoms with Crippen molar-refractivity contribution in [1.29, 1.82) is 0 Å². The third kappa shape index (κ3) is 5.31. The Labute approximate surface area is 157 Å². The van der Waals surface area contributed by atoms with Crippen molar-refractivity contribution in [2.45, 2.75) is 13.3 Å². The van der Waals surface area contributed by atoms with Crippen molar-refractivity contribution in [2.24, 2.45) is 5.10 Å². The maximum Gasteiger partial charge on any atom is 0.277 e. The number of amides is 1. The summed E-state index contributed by atoms with van der Waals surface area (Å²) in [7, 11) is 0. The summed E-state index contributed by atoms with van der Waals surface area (Å²) in [6.07, 6.45) is 2.63. The number of anilines is 1. The molecule has 0 atom stereocenters. The quantitative estimate of drug-likeness (QED) is 0.599. The van der Waals surface area contributed by atoms with Crippen LogP contribution in [0.4, 0.5) is 5.00 Å². The lowest BCUT2D eigenvalue weighted by molar-refractivity contribution is -0.123. The minimum absolute atomic E-state index is 0.0632. The fourth-order valence-corrected chi connectivity index (χ4v) is 3.47. The van der Waals surface area contributed by atoms with Crippen molar-refractivity contribution in [3.05, 3.63) is 46.8 Å². The van der Waals surface area contributed by atoms with Gasteiger partial charge in [-0.3, -0.25) is 4.79 Å². The van der Waals surface area contributed by atoms with E-state index >= 15 is 0 Å². The van der Waals surface area contributed by atoms with Gasteiger partial charge in [-0.05, 0) is 36.2 Å². The van der Waals surface area contributed by atoms with E-state index in [1.54, 1.807) is 17.6 Å². The standard InChI is InChI=1S/C19H23N3O3S/c1-2-15-3-5-16(6-4-15)25-14-18(23)21-20-13-17-7-8-19(26-17)22-9-11-24-12-10-22/h3-8,13H,2,9-12,14H2,1H3,(H,21,23)/b20-13+. The monoisotopic (exact) mass is 373 g/mol. The molecule has 1 N–H and O–H groups in total. The van der Waals surface area contributed by atoms with E-state index in [1.165, 1.54) is 10.6 Å². The number of aryl methyl sites for hydroxylation is 1. The topological polar surface area (TPSA) is 63.2 Å². The minimum Gasteiger partial charge on any atom is -0.484 e. The first-order chi connectivity index (χ1) is 12.7. The highest BCUT2D eigenvalue weighted by Crippen LogP contribution is 2.25. The molecule has 2 heterocycles. The minimum atomic E-state index is -0.286. The zero-order valence-corrected chi connectivity index (χ0v) is 15.6. The normalized spacial score (nSPS) is 14.6. The molecule has 1 aromatic heterocycles. The van der Waals surface area contributed by atoms with Crippen LogP contribution in [0.15, 0.2) is 41.5 Å². The third-order valence-electron chi connectivity index (χ3n) is 4.02. The van der Waals surface area contributed by atoms with Crippen molar-refractivity contribution < 1.29 is 14.3 Å². The maximum absolute atomic E-state index is 11.8. The highest BCUT2D eigenvalue weighted by Gasteiger charge is 2.12. The molecule has 0 spiro atoms. The van der Waals surface area contributed by atoms with E-state index < -0.39 is 0 Å². The van der Waals surface area contributed by atoms with Gasteiger partial charge in [-0.1, -0.05) is 19.1 Å². The van der Waals surface area contributed by atoms with Gasteiger partial charge >= 0.3 is 0 Å². The molecular weight excluding hydrogens is 350 g/mol. The van der Waals surface area contributed by atoms with Crippen LogP contribution in [-0.4, -0.2) is 45.0 Å². The number of nitrogens with one attached hydrogen (secondary N) is 1. The first-order valence-electron chi connectivity index (χ1n) is 8.71. The number of morpholine rings is 1. The number of thiophene rings is 1. The van der Waals surface area contributed by atoms with Gasteiger partial charge in [-0.2, -0.15) is 5.10 Å². The zero-order chi connectivity index (χ0) is 18.2. The van der Waals surface area contributed by atoms with E-state index in [-0.39, 0.29) is 12.5 Å². The Hall–Kier alpha value is -2.38. The molecule has 0 radical (unpaired) electrons. The third-order valence-corrected chi connectivity index (χ3v) is 5.10. The van der Waals surface area contributed by atoms with Gasteiger partial charge in [0.2, 0.25) is 0 Å². The molecule has 1 aliphatic heterocycles. The van der Waals surface area contributed by atoms with Crippen LogP contribution in [0.3, 0.4) is 0 Å². The molecule has 1 aromatic carbocycles. The zero-order valence-electron chi connectivity index (χ0n) is 14.8. The lowest BCUT2D eigenvalue weighted by Gasteiger charge is -2.27. The fraction of sp³-hybridized carbons (Fsp3) is 0.368. The van der Waals surface area contributed by atoms with Crippen LogP contribution in [0.1, 0.15) is 17.4 Å². The Morgan fingerprint density at radius 3 is 2.77 bits per heavy atom. The largest absolute Gasteiger partial charge is 0.484 e. The Balaban J connectivity index is 1.42. The van der Waals surface area contributed by atoms with Crippen LogP contribution >= 0.6 is 11.3 Å². The molecule has 0 unspecified atom stereocenters. The molecule has 1 saturated heterocycles. The summed E-state index contributed by atoms with van der Waals surface area (Å²) in [6.45, 7) is 5.37. The first kappa shape index (κ1) is 18.4. The lowest BCUT2D eigenvalue weighted by Crippen LogP contribution is -2.35. The van der Waals surface area contributed by atoms with Crippen molar-refractivity contribution in [1.82, 2.24) is 5.43 Å². The number of hydrazone groups is 1. The molecule has 0 aliphatic carbocycles. The predicted octanol–water partition coefficient (Wildman–Crippen LogP) is 2.68. The number of benzene rings is 1. The number of hydrogen-bond donors (Lipinski definition) is 1. The second kappa shape index (κ2) is 9.35. The number of ether oxygens (including phenoxy) is 2. The van der Waals surface area contributed by atoms with Gasteiger partial charge in [0.1, 0.15) is 5.75 Å². The van der Waals surface area contributed by atoms with Gasteiger partial charge in [0.25, 0.3) is 5.91 Å². The SMILES string of the molecule is CCc1ccc(OCC(=O)N/N=C/c2ccc(N3CCOCC3)s2)cc1. The smallest absolute Gasteiger partial charge is 0.277 e. The van der Waals surface area contributed by atoms with Gasteiger partial charge in [-0.15, -0.1) is 11.3 Å². The molecule has 1 fully saturated rings. The summed E-state index contributed by atoms with van der Waals surface area (Å²) in [6, 6.07) is 11.8. The van der Waals surface area contributed by atoms with E-state index in [2.05, 4.69) is 28.4 Å². The summed E-state index contributed by atoms with van der Waals surface area (Å²) in [5, 5.41) is 5.20. The molecule has 1 aliphatic rings. The highest BCUT2D eigenvalue weighted by atomic mass is 32.1. The van der Waals surface area contributed by atoms with Crippen molar-refractivity contribution in [2.75, 3.05) is 37.8 Å². The molecule has 6 nitrogen and oxygen atoms in total. The summed E-state index contributed by atoms with van der Waals surface area (Å²) in [5.41, 5.74) is 3.73. The number of carbonyl (C=O) groups is 1. The second-order valence-corrected chi connectivity index (χ2v) is 6.95. The molecule has 1 amide bonds. The van der Waals surface area contributed by atoms with Crippen LogP contribution in [-0.2, 0) is 16.0 Å². The summed E-state index contributed by atoms with van der Waals surface area (Å²) < 4.78 is 10.8. The van der Waals surface area contributed by atoms with Crippen LogP contribution in [0.2, 0.25) is 0 Å². The van der Waals surface area contributed by atoms with E-state index in [0.717, 1.165) is 37.6 Å². The number of nitrogens with zero attached hydrogens (tertiary/aromatic N) is 2. The van der Waals surface area contributed by atoms with Crippen LogP contribution < -0.4 is 15.1 Å². The van der Waals surface area contributed by atoms with Gasteiger partial charge in [0.05, 0.1) is 24.4 Å². The molecule has 3 rings (SSSR count). The first-order valence-corrected chi connectivity index (χ1v) is 9.52. The van der Waals surface area contributed by atoms with Crippen LogP contribution in [0, 0.1) is 0 Å². The Kier molecular flexibility index (Phi) is 6.62. The molecule has 0 saturated carbocycles. The average Bonchev–Trinajstić information content (AvgIpc) is 3.16. The number of rotatable bonds is 7. The van der Waals surface area contributed by atoms with Crippen molar-refractivity contribution in [3.8, 4) is 5.75 Å². The second-order valence-electron chi connectivity index (χ2n) is 5.85. The van der Waals surface area contributed by atoms with E-state index in [0.29, 0.717) is 5.75 Å². The van der Waals surface area contributed by atoms with Gasteiger partial charge < -0.3 is 14.4 Å². The Bertz CT molecular complexity index is 737. The lowest BCUT2D eigenvalue weighted by atomic mass is 10.2. The highest BCUT2D eigenvalue weighted by molar-refractivity contribution is 7.17. The molecule has 7 heteroatoms. The summed E-state index contributed by atoms with van der Waals surface area (Å²) in [4.78, 5) is 15.1. The summed E-state index contributed by atoms with van der Waals surface area (Å²) >= 11 is 1.64. The Morgan fingerprint density at radius 2 is 2.04 bits per heavy atom. The van der Waals surface area contributed by atoms with E-state index in [9.17, 15) is 4.79 Å². The molecule has 0 bridgehead atoms. The van der Waals surface area contributed by atoms with Crippen LogP contribution in [0.5, 0.6) is 5.75 Å². The predicted molar refractivity (Wildman–Crippen MR) is 104 cm³/mol. The van der Waals surface area contributed by atoms with Gasteiger partial charge in [0, 0.05) is 18.0 Å². The number of hydrogen-bond acceptors (Lipinski definition) is 6. The van der Waals surface area contributed by atoms with Crippen molar-refractivity contribution in [3.63, 3.8) is 0 Å². The van der Waals surface area contributed by atoms with Gasteiger partial charge in [0.15, 0.2) is 6.61 Å². The van der Waals surface area contributed by atoms with E-state index in [4.69, 9.17) is 9.47 Å². The molecule has 26 heavy (non-hydrogen) atoms. The molecule has 138 valence electrons. The molecular formula is C19H23N3O3S. The number of carbonyl (C=O) groups excluding carboxylic acids is 1. The van der Waals surface area contributed by atoms with E-state index in [1.807, 2.05) is 30.3 Å².